The average Bonchev–Trinajstić information content (AvgIpc) is 3.01. The second-order valence-corrected chi connectivity index (χ2v) is 8.28. The lowest BCUT2D eigenvalue weighted by Gasteiger charge is -2.26. The largest absolute Gasteiger partial charge is 0.478 e. The van der Waals surface area contributed by atoms with Gasteiger partial charge < -0.3 is 9.84 Å². The summed E-state index contributed by atoms with van der Waals surface area (Å²) in [7, 11) is 0. The van der Waals surface area contributed by atoms with E-state index in [0.29, 0.717) is 17.0 Å². The van der Waals surface area contributed by atoms with Crippen LogP contribution in [0.4, 0.5) is 10.5 Å². The Labute approximate surface area is 182 Å². The highest BCUT2D eigenvalue weighted by Gasteiger charge is 2.37. The van der Waals surface area contributed by atoms with Crippen molar-refractivity contribution >= 4 is 23.6 Å². The van der Waals surface area contributed by atoms with E-state index in [1.807, 2.05) is 50.2 Å². The van der Waals surface area contributed by atoms with E-state index in [-0.39, 0.29) is 25.0 Å². The predicted molar refractivity (Wildman–Crippen MR) is 117 cm³/mol. The Morgan fingerprint density at radius 3 is 2.32 bits per heavy atom. The average molecular weight is 424 g/mol. The second kappa shape index (κ2) is 8.41. The molecule has 0 atom stereocenters. The predicted octanol–water partition coefficient (Wildman–Crippen LogP) is 4.08. The molecule has 0 bridgehead atoms. The smallest absolute Gasteiger partial charge is 0.347 e. The van der Waals surface area contributed by atoms with Crippen molar-refractivity contribution in [1.82, 2.24) is 4.90 Å². The molecule has 0 unspecified atom stereocenters. The van der Waals surface area contributed by atoms with Crippen LogP contribution in [0.5, 0.6) is 5.75 Å². The highest BCUT2D eigenvalue weighted by Crippen LogP contribution is 2.31. The first-order chi connectivity index (χ1) is 14.5. The molecule has 0 aromatic heterocycles. The Morgan fingerprint density at radius 2 is 1.74 bits per heavy atom. The van der Waals surface area contributed by atoms with Gasteiger partial charge in [0.15, 0.2) is 5.60 Å². The molecule has 164 valence electrons. The zero-order valence-corrected chi connectivity index (χ0v) is 18.6. The van der Waals surface area contributed by atoms with E-state index >= 15 is 0 Å². The molecular formula is C24H28N2O5. The zero-order chi connectivity index (χ0) is 22.9. The molecule has 3 rings (SSSR count). The lowest BCUT2D eigenvalue weighted by atomic mass is 10.0. The number of hydrogen-bond acceptors (Lipinski definition) is 4. The molecule has 2 aromatic rings. The fourth-order valence-electron chi connectivity index (χ4n) is 3.48. The summed E-state index contributed by atoms with van der Waals surface area (Å²) in [5.74, 6) is -0.903. The third-order valence-electron chi connectivity index (χ3n) is 5.63. The number of anilines is 1. The number of aryl methyl sites for hydroxylation is 2. The van der Waals surface area contributed by atoms with Gasteiger partial charge in [-0.3, -0.25) is 14.6 Å². The molecule has 0 spiro atoms. The van der Waals surface area contributed by atoms with Crippen LogP contribution in [0.15, 0.2) is 36.4 Å². The van der Waals surface area contributed by atoms with Crippen LogP contribution in [0.3, 0.4) is 0 Å². The Kier molecular flexibility index (Phi) is 6.06. The number of amides is 3. The number of nitrogens with zero attached hydrogens (tertiary/aromatic N) is 2. The van der Waals surface area contributed by atoms with Gasteiger partial charge in [0.05, 0.1) is 6.54 Å². The molecule has 1 N–H and O–H groups in total. The van der Waals surface area contributed by atoms with Gasteiger partial charge in [-0.15, -0.1) is 0 Å². The monoisotopic (exact) mass is 424 g/mol. The minimum Gasteiger partial charge on any atom is -0.478 e. The van der Waals surface area contributed by atoms with Gasteiger partial charge in [0.2, 0.25) is 0 Å². The van der Waals surface area contributed by atoms with Crippen molar-refractivity contribution in [2.24, 2.45) is 0 Å². The second-order valence-electron chi connectivity index (χ2n) is 8.28. The van der Waals surface area contributed by atoms with Crippen molar-refractivity contribution in [3.05, 3.63) is 58.7 Å². The van der Waals surface area contributed by atoms with Crippen molar-refractivity contribution < 1.29 is 24.2 Å². The van der Waals surface area contributed by atoms with Crippen molar-refractivity contribution in [3.8, 4) is 5.75 Å². The van der Waals surface area contributed by atoms with Crippen LogP contribution in [0.1, 0.15) is 43.0 Å². The number of hydrogen-bond donors (Lipinski definition) is 1. The molecule has 1 saturated heterocycles. The molecule has 0 aliphatic carbocycles. The fourth-order valence-corrected chi connectivity index (χ4v) is 3.48. The Hall–Kier alpha value is -3.35. The number of carboxylic acids is 1. The summed E-state index contributed by atoms with van der Waals surface area (Å²) in [6.07, 6.45) is 0.898. The molecule has 31 heavy (non-hydrogen) atoms. The lowest BCUT2D eigenvalue weighted by molar-refractivity contribution is -0.152. The van der Waals surface area contributed by atoms with E-state index in [1.54, 1.807) is 0 Å². The van der Waals surface area contributed by atoms with Gasteiger partial charge in [-0.2, -0.15) is 0 Å². The van der Waals surface area contributed by atoms with Crippen molar-refractivity contribution in [2.75, 3.05) is 11.4 Å². The standard InChI is InChI=1S/C24H28N2O5/c1-6-17-8-11-19(12-9-17)25-14-20(27)26(23(25)30)13-18-10-7-15(2)21(16(18)3)31-24(4,5)22(28)29/h7-12H,6,13-14H2,1-5H3,(H,28,29). The number of urea groups is 1. The van der Waals surface area contributed by atoms with Crippen LogP contribution in [-0.4, -0.2) is 40.1 Å². The summed E-state index contributed by atoms with van der Waals surface area (Å²) in [6, 6.07) is 10.9. The first-order valence-electron chi connectivity index (χ1n) is 10.3. The normalized spacial score (nSPS) is 14.4. The lowest BCUT2D eigenvalue weighted by Crippen LogP contribution is -2.38. The summed E-state index contributed by atoms with van der Waals surface area (Å²) in [5.41, 5.74) is 2.66. The Balaban J connectivity index is 1.85. The number of carboxylic acid groups (broad SMARTS) is 1. The number of carbonyl (C=O) groups is 3. The van der Waals surface area contributed by atoms with Crippen LogP contribution in [0.25, 0.3) is 0 Å². The number of rotatable bonds is 7. The highest BCUT2D eigenvalue weighted by molar-refractivity contribution is 6.12. The van der Waals surface area contributed by atoms with Crippen LogP contribution < -0.4 is 9.64 Å². The van der Waals surface area contributed by atoms with Crippen LogP contribution >= 0.6 is 0 Å². The molecule has 7 nitrogen and oxygen atoms in total. The maximum atomic E-state index is 13.0. The third kappa shape index (κ3) is 4.40. The van der Waals surface area contributed by atoms with Crippen LogP contribution in [-0.2, 0) is 22.6 Å². The van der Waals surface area contributed by atoms with Gasteiger partial charge >= 0.3 is 12.0 Å². The zero-order valence-electron chi connectivity index (χ0n) is 18.6. The van der Waals surface area contributed by atoms with Gasteiger partial charge in [0, 0.05) is 5.69 Å². The molecule has 3 amide bonds. The summed E-state index contributed by atoms with van der Waals surface area (Å²) in [4.78, 5) is 39.8. The molecule has 0 saturated carbocycles. The van der Waals surface area contributed by atoms with Crippen LogP contribution in [0, 0.1) is 13.8 Å². The maximum Gasteiger partial charge on any atom is 0.347 e. The van der Waals surface area contributed by atoms with Crippen LogP contribution in [0.2, 0.25) is 0 Å². The van der Waals surface area contributed by atoms with E-state index < -0.39 is 11.6 Å². The summed E-state index contributed by atoms with van der Waals surface area (Å²) >= 11 is 0. The topological polar surface area (TPSA) is 87.2 Å². The molecular weight excluding hydrogens is 396 g/mol. The Morgan fingerprint density at radius 1 is 1.10 bits per heavy atom. The first kappa shape index (κ1) is 22.3. The van der Waals surface area contributed by atoms with Gasteiger partial charge in [-0.1, -0.05) is 31.2 Å². The van der Waals surface area contributed by atoms with E-state index in [0.717, 1.165) is 23.1 Å². The summed E-state index contributed by atoms with van der Waals surface area (Å²) in [6.45, 7) is 8.74. The van der Waals surface area contributed by atoms with Crippen molar-refractivity contribution in [1.29, 1.82) is 0 Å². The van der Waals surface area contributed by atoms with Gasteiger partial charge in [-0.25, -0.2) is 9.59 Å². The Bertz CT molecular complexity index is 1030. The number of carbonyl (C=O) groups excluding carboxylic acids is 2. The molecule has 1 fully saturated rings. The number of ether oxygens (including phenoxy) is 1. The quantitative estimate of drug-likeness (QED) is 0.677. The minimum atomic E-state index is -1.41. The molecule has 7 heteroatoms. The molecule has 1 aliphatic rings. The number of aliphatic carboxylic acids is 1. The van der Waals surface area contributed by atoms with E-state index in [4.69, 9.17) is 4.74 Å². The highest BCUT2D eigenvalue weighted by atomic mass is 16.5. The molecule has 1 heterocycles. The van der Waals surface area contributed by atoms with Crippen molar-refractivity contribution in [3.63, 3.8) is 0 Å². The maximum absolute atomic E-state index is 13.0. The fraction of sp³-hybridized carbons (Fsp3) is 0.375. The summed E-state index contributed by atoms with van der Waals surface area (Å²) in [5, 5.41) is 9.40. The van der Waals surface area contributed by atoms with Gasteiger partial charge in [0.25, 0.3) is 5.91 Å². The van der Waals surface area contributed by atoms with Crippen molar-refractivity contribution in [2.45, 2.75) is 53.2 Å². The molecule has 1 aliphatic heterocycles. The first-order valence-corrected chi connectivity index (χ1v) is 10.3. The minimum absolute atomic E-state index is 0.00931. The SMILES string of the molecule is CCc1ccc(N2CC(=O)N(Cc3ccc(C)c(OC(C)(C)C(=O)O)c3C)C2=O)cc1. The van der Waals surface area contributed by atoms with Gasteiger partial charge in [0.1, 0.15) is 12.3 Å². The third-order valence-corrected chi connectivity index (χ3v) is 5.63. The van der Waals surface area contributed by atoms with Gasteiger partial charge in [-0.05, 0) is 68.5 Å². The van der Waals surface area contributed by atoms with E-state index in [2.05, 4.69) is 6.92 Å². The molecule has 0 radical (unpaired) electrons. The summed E-state index contributed by atoms with van der Waals surface area (Å²) < 4.78 is 5.80. The molecule has 2 aromatic carbocycles. The number of imide groups is 1. The van der Waals surface area contributed by atoms with E-state index in [9.17, 15) is 19.5 Å². The van der Waals surface area contributed by atoms with E-state index in [1.165, 1.54) is 23.6 Å². The number of benzene rings is 2.